The first-order chi connectivity index (χ1) is 9.33. The molecular formula is C13H9ClN2O2S. The summed E-state index contributed by atoms with van der Waals surface area (Å²) in [6, 6.07) is 11.2. The number of halogens is 1. The lowest BCUT2D eigenvalue weighted by atomic mass is 10.2. The highest BCUT2D eigenvalue weighted by atomic mass is 35.5. The Balaban J connectivity index is 1.70. The van der Waals surface area contributed by atoms with Crippen LogP contribution in [0, 0.1) is 0 Å². The molecule has 96 valence electrons. The summed E-state index contributed by atoms with van der Waals surface area (Å²) >= 11 is 7.52. The molecule has 19 heavy (non-hydrogen) atoms. The van der Waals surface area contributed by atoms with Gasteiger partial charge in [-0.1, -0.05) is 41.6 Å². The second-order valence-electron chi connectivity index (χ2n) is 3.73. The molecule has 6 heteroatoms. The predicted molar refractivity (Wildman–Crippen MR) is 73.0 cm³/mol. The molecule has 0 aliphatic rings. The third-order valence-electron chi connectivity index (χ3n) is 2.45. The van der Waals surface area contributed by atoms with E-state index in [4.69, 9.17) is 20.4 Å². The highest BCUT2D eigenvalue weighted by Crippen LogP contribution is 2.28. The largest absolute Gasteiger partial charge is 0.459 e. The van der Waals surface area contributed by atoms with Gasteiger partial charge in [-0.3, -0.25) is 0 Å². The molecule has 0 saturated carbocycles. The highest BCUT2D eigenvalue weighted by Gasteiger charge is 2.11. The second-order valence-corrected chi connectivity index (χ2v) is 5.06. The van der Waals surface area contributed by atoms with Crippen molar-refractivity contribution < 1.29 is 8.83 Å². The Morgan fingerprint density at radius 2 is 2.00 bits per heavy atom. The zero-order valence-electron chi connectivity index (χ0n) is 9.75. The summed E-state index contributed by atoms with van der Waals surface area (Å²) in [5.41, 5.74) is 1.03. The predicted octanol–water partition coefficient (Wildman–Crippen LogP) is 4.28. The molecule has 0 unspecified atom stereocenters. The van der Waals surface area contributed by atoms with Crippen LogP contribution < -0.4 is 0 Å². The van der Waals surface area contributed by atoms with E-state index < -0.39 is 0 Å². The summed E-state index contributed by atoms with van der Waals surface area (Å²) in [6.45, 7) is 0. The van der Waals surface area contributed by atoms with Crippen LogP contribution in [-0.2, 0) is 5.75 Å². The molecular weight excluding hydrogens is 284 g/mol. The Kier molecular flexibility index (Phi) is 3.57. The van der Waals surface area contributed by atoms with Gasteiger partial charge in [0.05, 0.1) is 6.26 Å². The molecule has 0 radical (unpaired) electrons. The number of furan rings is 1. The molecule has 0 spiro atoms. The van der Waals surface area contributed by atoms with Crippen LogP contribution in [0.5, 0.6) is 0 Å². The topological polar surface area (TPSA) is 52.1 Å². The summed E-state index contributed by atoms with van der Waals surface area (Å²) in [5, 5.41) is 9.12. The van der Waals surface area contributed by atoms with Crippen molar-refractivity contribution in [3.63, 3.8) is 0 Å². The van der Waals surface area contributed by atoms with Gasteiger partial charge in [0, 0.05) is 10.8 Å². The van der Waals surface area contributed by atoms with Crippen molar-refractivity contribution >= 4 is 23.4 Å². The van der Waals surface area contributed by atoms with Gasteiger partial charge in [0.2, 0.25) is 0 Å². The quantitative estimate of drug-likeness (QED) is 0.672. The molecule has 1 aromatic carbocycles. The molecule has 0 N–H and O–H groups in total. The number of nitrogens with zero attached hydrogens (tertiary/aromatic N) is 2. The van der Waals surface area contributed by atoms with Gasteiger partial charge in [0.25, 0.3) is 11.1 Å². The average molecular weight is 293 g/mol. The second kappa shape index (κ2) is 5.50. The first-order valence-electron chi connectivity index (χ1n) is 5.56. The summed E-state index contributed by atoms with van der Waals surface area (Å²) in [5.74, 6) is 1.63. The van der Waals surface area contributed by atoms with Gasteiger partial charge in [0.15, 0.2) is 5.76 Å². The van der Waals surface area contributed by atoms with E-state index in [1.165, 1.54) is 11.8 Å². The maximum atomic E-state index is 6.08. The van der Waals surface area contributed by atoms with Crippen molar-refractivity contribution in [3.05, 3.63) is 53.2 Å². The van der Waals surface area contributed by atoms with E-state index in [9.17, 15) is 0 Å². The van der Waals surface area contributed by atoms with Crippen molar-refractivity contribution in [2.45, 2.75) is 11.0 Å². The van der Waals surface area contributed by atoms with Crippen LogP contribution in [0.25, 0.3) is 11.7 Å². The van der Waals surface area contributed by atoms with Gasteiger partial charge in [-0.15, -0.1) is 10.2 Å². The Hall–Kier alpha value is -1.72. The fourth-order valence-electron chi connectivity index (χ4n) is 1.52. The summed E-state index contributed by atoms with van der Waals surface area (Å²) in [4.78, 5) is 0. The Morgan fingerprint density at radius 3 is 2.79 bits per heavy atom. The Morgan fingerprint density at radius 1 is 1.11 bits per heavy atom. The zero-order valence-corrected chi connectivity index (χ0v) is 11.3. The minimum atomic E-state index is 0.381. The summed E-state index contributed by atoms with van der Waals surface area (Å²) in [7, 11) is 0. The van der Waals surface area contributed by atoms with E-state index in [1.807, 2.05) is 24.3 Å². The van der Waals surface area contributed by atoms with E-state index in [1.54, 1.807) is 18.4 Å². The summed E-state index contributed by atoms with van der Waals surface area (Å²) < 4.78 is 10.7. The van der Waals surface area contributed by atoms with Crippen LogP contribution in [0.3, 0.4) is 0 Å². The molecule has 0 amide bonds. The third-order valence-corrected chi connectivity index (χ3v) is 3.68. The molecule has 0 fully saturated rings. The fourth-order valence-corrected chi connectivity index (χ4v) is 2.57. The van der Waals surface area contributed by atoms with E-state index in [-0.39, 0.29) is 0 Å². The molecule has 2 heterocycles. The van der Waals surface area contributed by atoms with Gasteiger partial charge in [-0.2, -0.15) is 0 Å². The van der Waals surface area contributed by atoms with Crippen molar-refractivity contribution in [2.24, 2.45) is 0 Å². The van der Waals surface area contributed by atoms with Crippen LogP contribution in [0.2, 0.25) is 5.02 Å². The fraction of sp³-hybridized carbons (Fsp3) is 0.0769. The van der Waals surface area contributed by atoms with Gasteiger partial charge < -0.3 is 8.83 Å². The minimum Gasteiger partial charge on any atom is -0.459 e. The number of thioether (sulfide) groups is 1. The van der Waals surface area contributed by atoms with Crippen molar-refractivity contribution in [3.8, 4) is 11.7 Å². The first kappa shape index (κ1) is 12.3. The van der Waals surface area contributed by atoms with Crippen LogP contribution in [0.15, 0.2) is 56.7 Å². The van der Waals surface area contributed by atoms with Gasteiger partial charge in [0.1, 0.15) is 0 Å². The molecule has 4 nitrogen and oxygen atoms in total. The molecule has 0 aliphatic heterocycles. The number of benzene rings is 1. The highest BCUT2D eigenvalue weighted by molar-refractivity contribution is 7.98. The molecule has 3 rings (SSSR count). The molecule has 2 aromatic heterocycles. The van der Waals surface area contributed by atoms with Gasteiger partial charge in [-0.25, -0.2) is 0 Å². The molecule has 0 saturated heterocycles. The minimum absolute atomic E-state index is 0.381. The van der Waals surface area contributed by atoms with Crippen LogP contribution in [-0.4, -0.2) is 10.2 Å². The molecule has 0 atom stereocenters. The van der Waals surface area contributed by atoms with Gasteiger partial charge in [-0.05, 0) is 23.8 Å². The lowest BCUT2D eigenvalue weighted by Crippen LogP contribution is -1.81. The first-order valence-corrected chi connectivity index (χ1v) is 6.93. The van der Waals surface area contributed by atoms with Crippen molar-refractivity contribution in [2.75, 3.05) is 0 Å². The number of hydrogen-bond acceptors (Lipinski definition) is 5. The lowest BCUT2D eigenvalue weighted by molar-refractivity contribution is 0.447. The van der Waals surface area contributed by atoms with Crippen LogP contribution >= 0.6 is 23.4 Å². The number of hydrogen-bond donors (Lipinski definition) is 0. The Bertz CT molecular complexity index is 667. The maximum Gasteiger partial charge on any atom is 0.284 e. The molecule has 3 aromatic rings. The van der Waals surface area contributed by atoms with E-state index in [2.05, 4.69) is 10.2 Å². The third kappa shape index (κ3) is 2.83. The van der Waals surface area contributed by atoms with Crippen molar-refractivity contribution in [1.29, 1.82) is 0 Å². The number of rotatable bonds is 4. The van der Waals surface area contributed by atoms with Crippen molar-refractivity contribution in [1.82, 2.24) is 10.2 Å². The molecule has 0 aliphatic carbocycles. The maximum absolute atomic E-state index is 6.08. The summed E-state index contributed by atoms with van der Waals surface area (Å²) in [6.07, 6.45) is 1.57. The van der Waals surface area contributed by atoms with E-state index >= 15 is 0 Å². The monoisotopic (exact) mass is 292 g/mol. The standard InChI is InChI=1S/C13H9ClN2O2S/c14-10-5-2-1-4-9(10)8-19-13-16-15-12(18-13)11-6-3-7-17-11/h1-7H,8H2. The van der Waals surface area contributed by atoms with Gasteiger partial charge >= 0.3 is 0 Å². The smallest absolute Gasteiger partial charge is 0.284 e. The number of aromatic nitrogens is 2. The average Bonchev–Trinajstić information content (AvgIpc) is 3.09. The Labute approximate surface area is 118 Å². The zero-order chi connectivity index (χ0) is 13.1. The normalized spacial score (nSPS) is 10.8. The van der Waals surface area contributed by atoms with E-state index in [0.29, 0.717) is 22.6 Å². The van der Waals surface area contributed by atoms with Crippen LogP contribution in [0.1, 0.15) is 5.56 Å². The molecule has 0 bridgehead atoms. The van der Waals surface area contributed by atoms with E-state index in [0.717, 1.165) is 10.6 Å². The lowest BCUT2D eigenvalue weighted by Gasteiger charge is -2.00. The van der Waals surface area contributed by atoms with Crippen LogP contribution in [0.4, 0.5) is 0 Å². The SMILES string of the molecule is Clc1ccccc1CSc1nnc(-c2ccco2)o1.